The topological polar surface area (TPSA) is 76.7 Å². The van der Waals surface area contributed by atoms with Crippen molar-refractivity contribution in [3.05, 3.63) is 58.1 Å². The minimum absolute atomic E-state index is 0.248. The molecule has 0 spiro atoms. The van der Waals surface area contributed by atoms with Crippen molar-refractivity contribution in [1.29, 1.82) is 0 Å². The summed E-state index contributed by atoms with van der Waals surface area (Å²) in [4.78, 5) is 25.7. The Labute approximate surface area is 190 Å². The molecule has 6 nitrogen and oxygen atoms in total. The maximum absolute atomic E-state index is 13.0. The third-order valence-corrected chi connectivity index (χ3v) is 5.95. The predicted octanol–water partition coefficient (Wildman–Crippen LogP) is 4.20. The van der Waals surface area contributed by atoms with E-state index in [9.17, 15) is 9.59 Å². The monoisotopic (exact) mass is 494 g/mol. The van der Waals surface area contributed by atoms with E-state index in [0.29, 0.717) is 28.0 Å². The summed E-state index contributed by atoms with van der Waals surface area (Å²) in [5.74, 6) is 1.53. The van der Waals surface area contributed by atoms with E-state index in [1.165, 1.54) is 0 Å². The molecule has 2 aromatic rings. The highest BCUT2D eigenvalue weighted by molar-refractivity contribution is 9.10. The summed E-state index contributed by atoms with van der Waals surface area (Å²) < 4.78 is 11.4. The van der Waals surface area contributed by atoms with Crippen LogP contribution in [0.15, 0.2) is 46.9 Å². The van der Waals surface area contributed by atoms with Gasteiger partial charge < -0.3 is 20.1 Å². The Morgan fingerprint density at radius 2 is 1.83 bits per heavy atom. The number of halogens is 1. The number of rotatable bonds is 10. The summed E-state index contributed by atoms with van der Waals surface area (Å²) in [6.45, 7) is 1.87. The van der Waals surface area contributed by atoms with Crippen LogP contribution < -0.4 is 20.1 Å². The van der Waals surface area contributed by atoms with E-state index in [4.69, 9.17) is 9.47 Å². The van der Waals surface area contributed by atoms with Crippen LogP contribution in [0.25, 0.3) is 0 Å². The van der Waals surface area contributed by atoms with Crippen molar-refractivity contribution in [1.82, 2.24) is 10.6 Å². The maximum Gasteiger partial charge on any atom is 0.253 e. The van der Waals surface area contributed by atoms with Crippen molar-refractivity contribution < 1.29 is 19.1 Å². The molecule has 0 fully saturated rings. The molecule has 0 aliphatic rings. The molecule has 0 aromatic heterocycles. The number of amides is 2. The normalized spacial score (nSPS) is 12.6. The van der Waals surface area contributed by atoms with Crippen molar-refractivity contribution in [2.75, 3.05) is 26.2 Å². The van der Waals surface area contributed by atoms with Gasteiger partial charge in [-0.2, -0.15) is 11.8 Å². The number of methoxy groups -OCH3 is 2. The van der Waals surface area contributed by atoms with Crippen molar-refractivity contribution in [2.24, 2.45) is 0 Å². The highest BCUT2D eigenvalue weighted by atomic mass is 79.9. The number of benzene rings is 2. The maximum atomic E-state index is 13.0. The zero-order valence-electron chi connectivity index (χ0n) is 17.5. The lowest BCUT2D eigenvalue weighted by Crippen LogP contribution is -2.47. The second-order valence-electron chi connectivity index (χ2n) is 6.63. The van der Waals surface area contributed by atoms with Gasteiger partial charge in [0, 0.05) is 10.0 Å². The van der Waals surface area contributed by atoms with Crippen LogP contribution in [-0.4, -0.2) is 44.1 Å². The summed E-state index contributed by atoms with van der Waals surface area (Å²) in [5, 5.41) is 5.86. The predicted molar refractivity (Wildman–Crippen MR) is 124 cm³/mol. The Morgan fingerprint density at radius 1 is 1.10 bits per heavy atom. The van der Waals surface area contributed by atoms with Crippen LogP contribution in [0.4, 0.5) is 0 Å². The van der Waals surface area contributed by atoms with Crippen molar-refractivity contribution >= 4 is 39.5 Å². The van der Waals surface area contributed by atoms with E-state index in [-0.39, 0.29) is 17.9 Å². The number of hydrogen-bond donors (Lipinski definition) is 2. The van der Waals surface area contributed by atoms with Crippen molar-refractivity contribution in [2.45, 2.75) is 25.4 Å². The summed E-state index contributed by atoms with van der Waals surface area (Å²) >= 11 is 5.01. The van der Waals surface area contributed by atoms with Gasteiger partial charge in [0.05, 0.1) is 25.8 Å². The highest BCUT2D eigenvalue weighted by Gasteiger charge is 2.24. The van der Waals surface area contributed by atoms with Crippen LogP contribution >= 0.6 is 27.7 Å². The fraction of sp³-hybridized carbons (Fsp3) is 0.364. The van der Waals surface area contributed by atoms with E-state index in [1.54, 1.807) is 56.3 Å². The zero-order valence-corrected chi connectivity index (χ0v) is 19.9. The van der Waals surface area contributed by atoms with E-state index in [1.807, 2.05) is 25.3 Å². The van der Waals surface area contributed by atoms with Gasteiger partial charge >= 0.3 is 0 Å². The largest absolute Gasteiger partial charge is 0.497 e. The van der Waals surface area contributed by atoms with Crippen molar-refractivity contribution in [3.63, 3.8) is 0 Å². The van der Waals surface area contributed by atoms with Crippen LogP contribution in [0.3, 0.4) is 0 Å². The lowest BCUT2D eigenvalue weighted by Gasteiger charge is -2.23. The molecule has 2 unspecified atom stereocenters. The quantitative estimate of drug-likeness (QED) is 0.517. The van der Waals surface area contributed by atoms with E-state index in [0.717, 1.165) is 11.3 Å². The Balaban J connectivity index is 2.17. The van der Waals surface area contributed by atoms with E-state index < -0.39 is 6.04 Å². The van der Waals surface area contributed by atoms with Gasteiger partial charge in [-0.1, -0.05) is 12.1 Å². The molecule has 162 valence electrons. The molecule has 2 N–H and O–H groups in total. The Kier molecular flexibility index (Phi) is 9.52. The molecule has 0 saturated carbocycles. The molecule has 0 saturated heterocycles. The molecule has 2 atom stereocenters. The molecule has 2 amide bonds. The summed E-state index contributed by atoms with van der Waals surface area (Å²) in [6.07, 6.45) is 2.49. The number of ether oxygens (including phenoxy) is 2. The third kappa shape index (κ3) is 6.40. The molecule has 0 radical (unpaired) electrons. The minimum Gasteiger partial charge on any atom is -0.497 e. The van der Waals surface area contributed by atoms with Crippen LogP contribution in [0, 0.1) is 0 Å². The molecule has 0 aliphatic carbocycles. The second kappa shape index (κ2) is 11.9. The second-order valence-corrected chi connectivity index (χ2v) is 8.47. The number of thioether (sulfide) groups is 1. The average molecular weight is 495 g/mol. The van der Waals surface area contributed by atoms with Gasteiger partial charge in [0.2, 0.25) is 5.91 Å². The molecule has 2 aromatic carbocycles. The fourth-order valence-corrected chi connectivity index (χ4v) is 3.89. The number of hydrogen-bond acceptors (Lipinski definition) is 5. The van der Waals surface area contributed by atoms with E-state index >= 15 is 0 Å². The first-order valence-corrected chi connectivity index (χ1v) is 11.7. The van der Waals surface area contributed by atoms with Crippen LogP contribution in [0.1, 0.15) is 35.3 Å². The lowest BCUT2D eigenvalue weighted by molar-refractivity contribution is -0.123. The van der Waals surface area contributed by atoms with E-state index in [2.05, 4.69) is 26.6 Å². The molecule has 0 aliphatic heterocycles. The first-order chi connectivity index (χ1) is 14.4. The van der Waals surface area contributed by atoms with Gasteiger partial charge in [-0.05, 0) is 71.6 Å². The van der Waals surface area contributed by atoms with Gasteiger partial charge in [0.25, 0.3) is 5.91 Å². The van der Waals surface area contributed by atoms with Gasteiger partial charge in [-0.25, -0.2) is 0 Å². The SMILES string of the molecule is COc1ccc(OC)c(C(C)NC(=O)C(CCSC)NC(=O)c2ccccc2Br)c1. The van der Waals surface area contributed by atoms with Gasteiger partial charge in [0.15, 0.2) is 0 Å². The van der Waals surface area contributed by atoms with Gasteiger partial charge in [0.1, 0.15) is 17.5 Å². The van der Waals surface area contributed by atoms with Gasteiger partial charge in [-0.15, -0.1) is 0 Å². The van der Waals surface area contributed by atoms with Crippen LogP contribution in [0.5, 0.6) is 11.5 Å². The number of carbonyl (C=O) groups is 2. The molecule has 30 heavy (non-hydrogen) atoms. The Bertz CT molecular complexity index is 878. The third-order valence-electron chi connectivity index (χ3n) is 4.61. The number of nitrogens with one attached hydrogen (secondary N) is 2. The van der Waals surface area contributed by atoms with Crippen LogP contribution in [0.2, 0.25) is 0 Å². The molecule has 8 heteroatoms. The Hall–Kier alpha value is -2.19. The first kappa shape index (κ1) is 24.1. The first-order valence-electron chi connectivity index (χ1n) is 9.47. The smallest absolute Gasteiger partial charge is 0.253 e. The summed E-state index contributed by atoms with van der Waals surface area (Å²) in [7, 11) is 3.17. The average Bonchev–Trinajstić information content (AvgIpc) is 2.76. The highest BCUT2D eigenvalue weighted by Crippen LogP contribution is 2.29. The molecular formula is C22H27BrN2O4S. The molecule has 0 heterocycles. The van der Waals surface area contributed by atoms with Crippen molar-refractivity contribution in [3.8, 4) is 11.5 Å². The minimum atomic E-state index is -0.656. The van der Waals surface area contributed by atoms with Crippen LogP contribution in [-0.2, 0) is 4.79 Å². The molecule has 2 rings (SSSR count). The zero-order chi connectivity index (χ0) is 22.1. The van der Waals surface area contributed by atoms with Gasteiger partial charge in [-0.3, -0.25) is 9.59 Å². The Morgan fingerprint density at radius 3 is 2.47 bits per heavy atom. The summed E-state index contributed by atoms with van der Waals surface area (Å²) in [5.41, 5.74) is 1.29. The fourth-order valence-electron chi connectivity index (χ4n) is 2.96. The standard InChI is InChI=1S/C22H27BrN2O4S/c1-14(17-13-15(28-2)9-10-20(17)29-3)24-22(27)19(11-12-30-4)25-21(26)16-7-5-6-8-18(16)23/h5-10,13-14,19H,11-12H2,1-4H3,(H,24,27)(H,25,26). The molecular weight excluding hydrogens is 468 g/mol. The number of carbonyl (C=O) groups excluding carboxylic acids is 2. The summed E-state index contributed by atoms with van der Waals surface area (Å²) in [6, 6.07) is 11.6. The molecule has 0 bridgehead atoms. The lowest BCUT2D eigenvalue weighted by atomic mass is 10.1.